The summed E-state index contributed by atoms with van der Waals surface area (Å²) in [6, 6.07) is 13.3. The molecule has 160 valence electrons. The summed E-state index contributed by atoms with van der Waals surface area (Å²) in [7, 11) is -3.58. The van der Waals surface area contributed by atoms with Crippen molar-refractivity contribution in [2.24, 2.45) is 0 Å². The lowest BCUT2D eigenvalue weighted by Crippen LogP contribution is -2.43. The number of aromatic carboxylic acids is 1. The third-order valence-electron chi connectivity index (χ3n) is 6.06. The number of benzene rings is 2. The first-order valence-electron chi connectivity index (χ1n) is 10.2. The van der Waals surface area contributed by atoms with Crippen LogP contribution in [0.3, 0.4) is 0 Å². The number of carbonyl (C=O) groups is 1. The fourth-order valence-electron chi connectivity index (χ4n) is 4.23. The van der Waals surface area contributed by atoms with Crippen LogP contribution in [0.5, 0.6) is 0 Å². The number of carboxylic acid groups (broad SMARTS) is 1. The molecular weight excluding hydrogens is 407 g/mol. The van der Waals surface area contributed by atoms with Crippen LogP contribution in [0.15, 0.2) is 53.4 Å². The molecule has 0 unspecified atom stereocenters. The molecule has 0 bridgehead atoms. The van der Waals surface area contributed by atoms with Crippen molar-refractivity contribution in [3.8, 4) is 11.1 Å². The number of hydrogen-bond acceptors (Lipinski definition) is 4. The zero-order valence-corrected chi connectivity index (χ0v) is 17.4. The normalized spacial score (nSPS) is 21.7. The first kappa shape index (κ1) is 21.0. The Kier molecular flexibility index (Phi) is 5.90. The van der Waals surface area contributed by atoms with Gasteiger partial charge in [-0.2, -0.15) is 4.31 Å². The van der Waals surface area contributed by atoms with Crippen molar-refractivity contribution in [3.63, 3.8) is 0 Å². The molecule has 8 heteroatoms. The maximum atomic E-state index is 13.4. The summed E-state index contributed by atoms with van der Waals surface area (Å²) < 4.78 is 41.0. The Hall–Kier alpha value is -2.29. The van der Waals surface area contributed by atoms with E-state index in [0.717, 1.165) is 17.5 Å². The number of alkyl halides is 1. The van der Waals surface area contributed by atoms with Gasteiger partial charge in [-0.05, 0) is 54.7 Å². The minimum atomic E-state index is -3.58. The van der Waals surface area contributed by atoms with Crippen LogP contribution in [0.1, 0.15) is 29.6 Å². The summed E-state index contributed by atoms with van der Waals surface area (Å²) in [4.78, 5) is 13.4. The van der Waals surface area contributed by atoms with Crippen LogP contribution in [-0.4, -0.2) is 67.1 Å². The summed E-state index contributed by atoms with van der Waals surface area (Å²) in [5.74, 6) is -0.985. The van der Waals surface area contributed by atoms with Gasteiger partial charge in [0.1, 0.15) is 6.17 Å². The quantitative estimate of drug-likeness (QED) is 0.785. The molecule has 0 aliphatic carbocycles. The SMILES string of the molecule is O=C(O)c1ccc(-c2ccc(S(=O)(=O)N3CC[C@@H](N4CCC(F)CC4)C3)cc2)cc1. The highest BCUT2D eigenvalue weighted by atomic mass is 32.2. The Balaban J connectivity index is 1.45. The Morgan fingerprint density at radius 1 is 0.900 bits per heavy atom. The fraction of sp³-hybridized carbons (Fsp3) is 0.409. The van der Waals surface area contributed by atoms with Gasteiger partial charge in [0.25, 0.3) is 0 Å². The Morgan fingerprint density at radius 2 is 1.47 bits per heavy atom. The minimum Gasteiger partial charge on any atom is -0.478 e. The average molecular weight is 433 g/mol. The second-order valence-corrected chi connectivity index (χ2v) is 9.86. The highest BCUT2D eigenvalue weighted by molar-refractivity contribution is 7.89. The Morgan fingerprint density at radius 3 is 2.03 bits per heavy atom. The highest BCUT2D eigenvalue weighted by Gasteiger charge is 2.36. The van der Waals surface area contributed by atoms with Crippen molar-refractivity contribution in [2.45, 2.75) is 36.4 Å². The Bertz CT molecular complexity index is 1000. The van der Waals surface area contributed by atoms with Gasteiger partial charge in [0, 0.05) is 32.2 Å². The van der Waals surface area contributed by atoms with Gasteiger partial charge in [-0.25, -0.2) is 17.6 Å². The first-order valence-corrected chi connectivity index (χ1v) is 11.6. The maximum Gasteiger partial charge on any atom is 0.335 e. The van der Waals surface area contributed by atoms with Gasteiger partial charge in [0.2, 0.25) is 10.0 Å². The molecule has 30 heavy (non-hydrogen) atoms. The number of carboxylic acids is 1. The zero-order chi connectivity index (χ0) is 21.3. The summed E-state index contributed by atoms with van der Waals surface area (Å²) in [6.45, 7) is 2.29. The molecule has 1 atom stereocenters. The van der Waals surface area contributed by atoms with Crippen LogP contribution in [0.4, 0.5) is 4.39 Å². The lowest BCUT2D eigenvalue weighted by atomic mass is 10.0. The van der Waals surface area contributed by atoms with E-state index in [4.69, 9.17) is 5.11 Å². The van der Waals surface area contributed by atoms with Crippen LogP contribution in [0.2, 0.25) is 0 Å². The summed E-state index contributed by atoms with van der Waals surface area (Å²) in [5.41, 5.74) is 1.85. The number of nitrogens with zero attached hydrogens (tertiary/aromatic N) is 2. The van der Waals surface area contributed by atoms with Crippen LogP contribution in [-0.2, 0) is 10.0 Å². The van der Waals surface area contributed by atoms with Crippen molar-refractivity contribution < 1.29 is 22.7 Å². The van der Waals surface area contributed by atoms with Gasteiger partial charge >= 0.3 is 5.97 Å². The monoisotopic (exact) mass is 432 g/mol. The van der Waals surface area contributed by atoms with Crippen molar-refractivity contribution in [1.29, 1.82) is 0 Å². The van der Waals surface area contributed by atoms with E-state index >= 15 is 0 Å². The van der Waals surface area contributed by atoms with E-state index < -0.39 is 22.2 Å². The van der Waals surface area contributed by atoms with E-state index in [1.165, 1.54) is 16.4 Å². The van der Waals surface area contributed by atoms with Crippen molar-refractivity contribution in [1.82, 2.24) is 9.21 Å². The number of likely N-dealkylation sites (tertiary alicyclic amines) is 1. The summed E-state index contributed by atoms with van der Waals surface area (Å²) in [5, 5.41) is 9.00. The molecule has 0 radical (unpaired) electrons. The number of rotatable bonds is 5. The molecule has 0 aromatic heterocycles. The van der Waals surface area contributed by atoms with E-state index in [1.54, 1.807) is 36.4 Å². The molecule has 2 aliphatic heterocycles. The smallest absolute Gasteiger partial charge is 0.335 e. The van der Waals surface area contributed by atoms with Crippen molar-refractivity contribution in [2.75, 3.05) is 26.2 Å². The summed E-state index contributed by atoms with van der Waals surface area (Å²) in [6.07, 6.45) is 1.09. The third-order valence-corrected chi connectivity index (χ3v) is 7.94. The molecule has 0 saturated carbocycles. The molecule has 6 nitrogen and oxygen atoms in total. The van der Waals surface area contributed by atoms with Crippen LogP contribution in [0, 0.1) is 0 Å². The molecule has 4 rings (SSSR count). The highest BCUT2D eigenvalue weighted by Crippen LogP contribution is 2.28. The topological polar surface area (TPSA) is 77.9 Å². The molecule has 2 aromatic carbocycles. The maximum absolute atomic E-state index is 13.4. The number of halogens is 1. The van der Waals surface area contributed by atoms with E-state index in [-0.39, 0.29) is 16.5 Å². The molecular formula is C22H25FN2O4S. The second-order valence-electron chi connectivity index (χ2n) is 7.92. The second kappa shape index (κ2) is 8.45. The Labute approximate surface area is 176 Å². The third kappa shape index (κ3) is 4.26. The van der Waals surface area contributed by atoms with Gasteiger partial charge < -0.3 is 5.11 Å². The molecule has 2 saturated heterocycles. The summed E-state index contributed by atoms with van der Waals surface area (Å²) >= 11 is 0. The molecule has 0 spiro atoms. The molecule has 1 N–H and O–H groups in total. The minimum absolute atomic E-state index is 0.152. The van der Waals surface area contributed by atoms with Gasteiger partial charge in [-0.15, -0.1) is 0 Å². The van der Waals surface area contributed by atoms with Crippen LogP contribution < -0.4 is 0 Å². The molecule has 2 fully saturated rings. The van der Waals surface area contributed by atoms with E-state index in [9.17, 15) is 17.6 Å². The molecule has 2 aromatic rings. The van der Waals surface area contributed by atoms with Crippen molar-refractivity contribution >= 4 is 16.0 Å². The zero-order valence-electron chi connectivity index (χ0n) is 16.6. The van der Waals surface area contributed by atoms with Crippen molar-refractivity contribution in [3.05, 3.63) is 54.1 Å². The standard InChI is InChI=1S/C22H25FN2O4S/c23-19-9-12-24(13-10-19)20-11-14-25(15-20)30(28,29)21-7-5-17(6-8-21)16-1-3-18(4-2-16)22(26)27/h1-8,19-20H,9-15H2,(H,26,27)/t20-/m1/s1. The molecule has 2 aliphatic rings. The number of piperidine rings is 1. The van der Waals surface area contributed by atoms with E-state index in [2.05, 4.69) is 4.90 Å². The lowest BCUT2D eigenvalue weighted by Gasteiger charge is -2.33. The predicted molar refractivity (Wildman–Crippen MR) is 112 cm³/mol. The van der Waals surface area contributed by atoms with Crippen LogP contribution in [0.25, 0.3) is 11.1 Å². The van der Waals surface area contributed by atoms with E-state index in [0.29, 0.717) is 39.0 Å². The fourth-order valence-corrected chi connectivity index (χ4v) is 5.73. The van der Waals surface area contributed by atoms with Gasteiger partial charge in [-0.3, -0.25) is 4.90 Å². The lowest BCUT2D eigenvalue weighted by molar-refractivity contribution is 0.0697. The van der Waals surface area contributed by atoms with Crippen LogP contribution >= 0.6 is 0 Å². The van der Waals surface area contributed by atoms with E-state index in [1.807, 2.05) is 0 Å². The number of hydrogen-bond donors (Lipinski definition) is 1. The number of sulfonamides is 1. The predicted octanol–water partition coefficient (Wildman–Crippen LogP) is 3.25. The van der Waals surface area contributed by atoms with Gasteiger partial charge in [0.15, 0.2) is 0 Å². The molecule has 2 heterocycles. The first-order chi connectivity index (χ1) is 14.3. The van der Waals surface area contributed by atoms with Gasteiger partial charge in [-0.1, -0.05) is 24.3 Å². The largest absolute Gasteiger partial charge is 0.478 e. The molecule has 0 amide bonds. The van der Waals surface area contributed by atoms with Gasteiger partial charge in [0.05, 0.1) is 10.5 Å². The average Bonchev–Trinajstić information content (AvgIpc) is 3.26.